The molecule has 0 bridgehead atoms. The minimum Gasteiger partial charge on any atom is -0.460 e. The van der Waals surface area contributed by atoms with Crippen molar-refractivity contribution in [3.63, 3.8) is 0 Å². The molecule has 1 aromatic heterocycles. The lowest BCUT2D eigenvalue weighted by Crippen LogP contribution is -2.24. The number of ether oxygens (including phenoxy) is 1. The topological polar surface area (TPSA) is 83.0 Å². The quantitative estimate of drug-likeness (QED) is 0.479. The Hall–Kier alpha value is -1.24. The number of esters is 1. The predicted octanol–water partition coefficient (Wildman–Crippen LogP) is 0.816. The van der Waals surface area contributed by atoms with Gasteiger partial charge < -0.3 is 10.6 Å². The summed E-state index contributed by atoms with van der Waals surface area (Å²) in [7, 11) is 0. The molecular formula is C9H16N4O2S. The monoisotopic (exact) mass is 244 g/mol. The molecule has 1 heterocycles. The SMILES string of the molecule is CC(C)(C)OC(=O)CCSc1nncn1N. The van der Waals surface area contributed by atoms with Gasteiger partial charge in [-0.25, -0.2) is 4.68 Å². The van der Waals surface area contributed by atoms with E-state index in [0.717, 1.165) is 0 Å². The van der Waals surface area contributed by atoms with Gasteiger partial charge in [0.05, 0.1) is 6.42 Å². The number of hydrogen-bond donors (Lipinski definition) is 1. The lowest BCUT2D eigenvalue weighted by atomic mass is 10.2. The minimum absolute atomic E-state index is 0.219. The van der Waals surface area contributed by atoms with Crippen molar-refractivity contribution in [1.29, 1.82) is 0 Å². The Kier molecular flexibility index (Phi) is 4.17. The number of thioether (sulfide) groups is 1. The Labute approximate surface area is 98.5 Å². The van der Waals surface area contributed by atoms with Crippen LogP contribution in [0.25, 0.3) is 0 Å². The normalized spacial score (nSPS) is 11.4. The largest absolute Gasteiger partial charge is 0.460 e. The summed E-state index contributed by atoms with van der Waals surface area (Å²) in [5.74, 6) is 5.87. The van der Waals surface area contributed by atoms with Gasteiger partial charge in [-0.3, -0.25) is 4.79 Å². The summed E-state index contributed by atoms with van der Waals surface area (Å²) in [6.07, 6.45) is 1.74. The second kappa shape index (κ2) is 5.20. The van der Waals surface area contributed by atoms with Crippen LogP contribution in [0.3, 0.4) is 0 Å². The van der Waals surface area contributed by atoms with Crippen LogP contribution in [0.2, 0.25) is 0 Å². The first-order chi connectivity index (χ1) is 7.38. The zero-order chi connectivity index (χ0) is 12.2. The van der Waals surface area contributed by atoms with Crippen LogP contribution in [-0.4, -0.2) is 32.2 Å². The van der Waals surface area contributed by atoms with Crippen LogP contribution in [0.5, 0.6) is 0 Å². The fourth-order valence-corrected chi connectivity index (χ4v) is 1.71. The van der Waals surface area contributed by atoms with E-state index in [1.165, 1.54) is 22.8 Å². The lowest BCUT2D eigenvalue weighted by molar-refractivity contribution is -0.154. The maximum atomic E-state index is 11.4. The van der Waals surface area contributed by atoms with Crippen LogP contribution >= 0.6 is 11.8 Å². The Morgan fingerprint density at radius 1 is 1.62 bits per heavy atom. The molecule has 0 aliphatic heterocycles. The summed E-state index contributed by atoms with van der Waals surface area (Å²) in [5, 5.41) is 8.00. The third-order valence-electron chi connectivity index (χ3n) is 1.50. The number of carbonyl (C=O) groups is 1. The van der Waals surface area contributed by atoms with E-state index < -0.39 is 5.60 Å². The molecule has 0 radical (unpaired) electrons. The van der Waals surface area contributed by atoms with Crippen LogP contribution in [0.1, 0.15) is 27.2 Å². The molecule has 2 N–H and O–H groups in total. The Morgan fingerprint density at radius 2 is 2.31 bits per heavy atom. The fraction of sp³-hybridized carbons (Fsp3) is 0.667. The summed E-state index contributed by atoms with van der Waals surface area (Å²) in [6, 6.07) is 0. The zero-order valence-electron chi connectivity index (χ0n) is 9.64. The number of aromatic nitrogens is 3. The third-order valence-corrected chi connectivity index (χ3v) is 2.46. The van der Waals surface area contributed by atoms with Gasteiger partial charge in [-0.2, -0.15) is 0 Å². The highest BCUT2D eigenvalue weighted by Crippen LogP contribution is 2.15. The van der Waals surface area contributed by atoms with Crippen molar-refractivity contribution < 1.29 is 9.53 Å². The second-order valence-electron chi connectivity index (χ2n) is 4.21. The van der Waals surface area contributed by atoms with E-state index in [1.807, 2.05) is 20.8 Å². The van der Waals surface area contributed by atoms with Gasteiger partial charge in [-0.05, 0) is 20.8 Å². The summed E-state index contributed by atoms with van der Waals surface area (Å²) < 4.78 is 6.48. The van der Waals surface area contributed by atoms with Crippen LogP contribution < -0.4 is 5.84 Å². The van der Waals surface area contributed by atoms with Crippen molar-refractivity contribution in [2.45, 2.75) is 37.9 Å². The van der Waals surface area contributed by atoms with E-state index in [2.05, 4.69) is 10.2 Å². The summed E-state index contributed by atoms with van der Waals surface area (Å²) in [4.78, 5) is 11.4. The van der Waals surface area contributed by atoms with Crippen molar-refractivity contribution in [3.05, 3.63) is 6.33 Å². The third kappa shape index (κ3) is 4.52. The number of carbonyl (C=O) groups excluding carboxylic acids is 1. The van der Waals surface area contributed by atoms with Crippen LogP contribution in [0.15, 0.2) is 11.5 Å². The molecule has 0 spiro atoms. The van der Waals surface area contributed by atoms with E-state index >= 15 is 0 Å². The molecule has 7 heteroatoms. The number of hydrogen-bond acceptors (Lipinski definition) is 6. The molecule has 0 aromatic carbocycles. The molecule has 0 atom stereocenters. The molecule has 0 aliphatic rings. The van der Waals surface area contributed by atoms with E-state index in [4.69, 9.17) is 10.6 Å². The summed E-state index contributed by atoms with van der Waals surface area (Å²) >= 11 is 1.37. The number of nitrogens with two attached hydrogens (primary N) is 1. The van der Waals surface area contributed by atoms with Crippen molar-refractivity contribution in [2.75, 3.05) is 11.6 Å². The maximum Gasteiger partial charge on any atom is 0.307 e. The van der Waals surface area contributed by atoms with Gasteiger partial charge in [0.2, 0.25) is 5.16 Å². The smallest absolute Gasteiger partial charge is 0.307 e. The van der Waals surface area contributed by atoms with Crippen molar-refractivity contribution in [1.82, 2.24) is 14.9 Å². The molecule has 0 fully saturated rings. The molecule has 90 valence electrons. The molecule has 1 rings (SSSR count). The highest BCUT2D eigenvalue weighted by atomic mass is 32.2. The zero-order valence-corrected chi connectivity index (χ0v) is 10.5. The van der Waals surface area contributed by atoms with Gasteiger partial charge in [-0.15, -0.1) is 10.2 Å². The summed E-state index contributed by atoms with van der Waals surface area (Å²) in [6.45, 7) is 5.53. The Balaban J connectivity index is 2.26. The van der Waals surface area contributed by atoms with E-state index in [1.54, 1.807) is 0 Å². The molecule has 0 amide bonds. The molecule has 6 nitrogen and oxygen atoms in total. The molecule has 0 aliphatic carbocycles. The number of nitrogens with zero attached hydrogens (tertiary/aromatic N) is 3. The molecule has 0 saturated heterocycles. The highest BCUT2D eigenvalue weighted by molar-refractivity contribution is 7.99. The average molecular weight is 244 g/mol. The molecule has 1 aromatic rings. The van der Waals surface area contributed by atoms with Gasteiger partial charge in [0.1, 0.15) is 11.9 Å². The van der Waals surface area contributed by atoms with Crippen LogP contribution in [-0.2, 0) is 9.53 Å². The molecular weight excluding hydrogens is 228 g/mol. The Bertz CT molecular complexity index is 359. The van der Waals surface area contributed by atoms with Crippen molar-refractivity contribution >= 4 is 17.7 Å². The van der Waals surface area contributed by atoms with E-state index in [0.29, 0.717) is 17.3 Å². The Morgan fingerprint density at radius 3 is 2.81 bits per heavy atom. The molecule has 0 unspecified atom stereocenters. The standard InChI is InChI=1S/C9H16N4O2S/c1-9(2,3)15-7(14)4-5-16-8-12-11-6-13(8)10/h6H,4-5,10H2,1-3H3. The van der Waals surface area contributed by atoms with Crippen LogP contribution in [0.4, 0.5) is 0 Å². The first-order valence-corrected chi connectivity index (χ1v) is 5.87. The maximum absolute atomic E-state index is 11.4. The van der Waals surface area contributed by atoms with Gasteiger partial charge in [0, 0.05) is 5.75 Å². The highest BCUT2D eigenvalue weighted by Gasteiger charge is 2.16. The van der Waals surface area contributed by atoms with Gasteiger partial charge in [-0.1, -0.05) is 11.8 Å². The van der Waals surface area contributed by atoms with E-state index in [-0.39, 0.29) is 5.97 Å². The average Bonchev–Trinajstić information content (AvgIpc) is 2.48. The minimum atomic E-state index is -0.435. The van der Waals surface area contributed by atoms with E-state index in [9.17, 15) is 4.79 Å². The van der Waals surface area contributed by atoms with Crippen LogP contribution in [0, 0.1) is 0 Å². The van der Waals surface area contributed by atoms with Gasteiger partial charge in [0.15, 0.2) is 0 Å². The number of nitrogen functional groups attached to an aromatic ring is 1. The first kappa shape index (κ1) is 12.8. The molecule has 16 heavy (non-hydrogen) atoms. The second-order valence-corrected chi connectivity index (χ2v) is 5.27. The fourth-order valence-electron chi connectivity index (χ4n) is 0.953. The lowest BCUT2D eigenvalue weighted by Gasteiger charge is -2.19. The van der Waals surface area contributed by atoms with Gasteiger partial charge >= 0.3 is 5.97 Å². The van der Waals surface area contributed by atoms with Crippen molar-refractivity contribution in [2.24, 2.45) is 0 Å². The first-order valence-electron chi connectivity index (χ1n) is 4.88. The molecule has 0 saturated carbocycles. The predicted molar refractivity (Wildman–Crippen MR) is 61.4 cm³/mol. The van der Waals surface area contributed by atoms with Crippen molar-refractivity contribution in [3.8, 4) is 0 Å². The summed E-state index contributed by atoms with van der Waals surface area (Å²) in [5.41, 5.74) is -0.435. The van der Waals surface area contributed by atoms with Gasteiger partial charge in [0.25, 0.3) is 0 Å². The number of rotatable bonds is 4.